The number of likely N-dealkylation sites (N-methyl/N-ethyl adjacent to an activating group) is 1. The monoisotopic (exact) mass is 214 g/mol. The zero-order valence-electron chi connectivity index (χ0n) is 9.03. The van der Waals surface area contributed by atoms with Gasteiger partial charge in [0.15, 0.2) is 0 Å². The number of rotatable bonds is 7. The van der Waals surface area contributed by atoms with Crippen LogP contribution in [0.25, 0.3) is 0 Å². The van der Waals surface area contributed by atoms with Gasteiger partial charge in [-0.25, -0.2) is 0 Å². The summed E-state index contributed by atoms with van der Waals surface area (Å²) in [6.07, 6.45) is 2.31. The molecule has 0 bridgehead atoms. The van der Waals surface area contributed by atoms with E-state index < -0.39 is 5.97 Å². The second-order valence-corrected chi connectivity index (χ2v) is 3.77. The number of aliphatic carboxylic acids is 1. The number of hydrogen-bond acceptors (Lipinski definition) is 3. The molecule has 0 saturated heterocycles. The van der Waals surface area contributed by atoms with E-state index in [0.717, 1.165) is 12.8 Å². The van der Waals surface area contributed by atoms with Crippen molar-refractivity contribution < 1.29 is 14.7 Å². The third kappa shape index (κ3) is 4.78. The van der Waals surface area contributed by atoms with E-state index >= 15 is 0 Å². The van der Waals surface area contributed by atoms with Crippen molar-refractivity contribution in [2.45, 2.75) is 32.2 Å². The summed E-state index contributed by atoms with van der Waals surface area (Å²) in [4.78, 5) is 23.5. The Hall–Kier alpha value is -1.10. The van der Waals surface area contributed by atoms with Crippen LogP contribution in [0.2, 0.25) is 0 Å². The maximum absolute atomic E-state index is 11.6. The smallest absolute Gasteiger partial charge is 0.305 e. The molecule has 0 aliphatic heterocycles. The lowest BCUT2D eigenvalue weighted by atomic mass is 10.3. The first-order chi connectivity index (χ1) is 7.13. The molecule has 1 rings (SSSR count). The molecule has 0 spiro atoms. The zero-order chi connectivity index (χ0) is 11.3. The second kappa shape index (κ2) is 5.70. The molecule has 0 aromatic rings. The lowest BCUT2D eigenvalue weighted by molar-refractivity contribution is -0.138. The van der Waals surface area contributed by atoms with Gasteiger partial charge in [-0.2, -0.15) is 0 Å². The predicted molar refractivity (Wildman–Crippen MR) is 55.5 cm³/mol. The van der Waals surface area contributed by atoms with Crippen molar-refractivity contribution >= 4 is 11.9 Å². The number of nitrogens with zero attached hydrogens (tertiary/aromatic N) is 1. The third-order valence-corrected chi connectivity index (χ3v) is 2.45. The van der Waals surface area contributed by atoms with Crippen molar-refractivity contribution in [3.8, 4) is 0 Å². The van der Waals surface area contributed by atoms with Gasteiger partial charge >= 0.3 is 5.97 Å². The molecule has 2 N–H and O–H groups in total. The Balaban J connectivity index is 2.21. The standard InChI is InChI=1S/C10H18N2O3/c1-2-12(6-5-10(14)15)9(13)7-11-8-3-4-8/h8,11H,2-7H2,1H3,(H,14,15). The molecule has 86 valence electrons. The second-order valence-electron chi connectivity index (χ2n) is 3.77. The van der Waals surface area contributed by atoms with Crippen LogP contribution in [0, 0.1) is 0 Å². The molecule has 0 aromatic carbocycles. The first-order valence-corrected chi connectivity index (χ1v) is 5.36. The Morgan fingerprint density at radius 2 is 2.13 bits per heavy atom. The fourth-order valence-corrected chi connectivity index (χ4v) is 1.32. The average molecular weight is 214 g/mol. The molecule has 0 radical (unpaired) electrons. The number of amides is 1. The molecule has 1 aliphatic rings. The first kappa shape index (κ1) is 12.0. The molecule has 1 aliphatic carbocycles. The van der Waals surface area contributed by atoms with Gasteiger partial charge in [0.25, 0.3) is 0 Å². The minimum atomic E-state index is -0.864. The molecular formula is C10H18N2O3. The fourth-order valence-electron chi connectivity index (χ4n) is 1.32. The van der Waals surface area contributed by atoms with Gasteiger partial charge in [0.1, 0.15) is 0 Å². The normalized spacial score (nSPS) is 15.0. The minimum Gasteiger partial charge on any atom is -0.481 e. The molecule has 5 heteroatoms. The van der Waals surface area contributed by atoms with Gasteiger partial charge in [-0.3, -0.25) is 9.59 Å². The number of carbonyl (C=O) groups is 2. The van der Waals surface area contributed by atoms with Crippen LogP contribution in [0.5, 0.6) is 0 Å². The number of carbonyl (C=O) groups excluding carboxylic acids is 1. The summed E-state index contributed by atoms with van der Waals surface area (Å²) >= 11 is 0. The number of carboxylic acids is 1. The highest BCUT2D eigenvalue weighted by atomic mass is 16.4. The van der Waals surface area contributed by atoms with E-state index in [4.69, 9.17) is 5.11 Å². The van der Waals surface area contributed by atoms with Gasteiger partial charge in [0.05, 0.1) is 13.0 Å². The van der Waals surface area contributed by atoms with Gasteiger partial charge in [-0.1, -0.05) is 0 Å². The summed E-state index contributed by atoms with van der Waals surface area (Å²) in [5, 5.41) is 11.6. The summed E-state index contributed by atoms with van der Waals surface area (Å²) < 4.78 is 0. The van der Waals surface area contributed by atoms with Crippen molar-refractivity contribution in [3.05, 3.63) is 0 Å². The maximum Gasteiger partial charge on any atom is 0.305 e. The Morgan fingerprint density at radius 3 is 2.60 bits per heavy atom. The van der Waals surface area contributed by atoms with E-state index in [1.165, 1.54) is 0 Å². The molecule has 5 nitrogen and oxygen atoms in total. The van der Waals surface area contributed by atoms with Crippen LogP contribution in [0.15, 0.2) is 0 Å². The number of hydrogen-bond donors (Lipinski definition) is 2. The van der Waals surface area contributed by atoms with Crippen molar-refractivity contribution in [1.82, 2.24) is 10.2 Å². The van der Waals surface area contributed by atoms with Gasteiger partial charge < -0.3 is 15.3 Å². The Kier molecular flexibility index (Phi) is 4.55. The van der Waals surface area contributed by atoms with E-state index in [0.29, 0.717) is 25.7 Å². The highest BCUT2D eigenvalue weighted by Crippen LogP contribution is 2.18. The van der Waals surface area contributed by atoms with Crippen LogP contribution in [-0.4, -0.2) is 47.6 Å². The zero-order valence-corrected chi connectivity index (χ0v) is 9.03. The van der Waals surface area contributed by atoms with Crippen molar-refractivity contribution in [3.63, 3.8) is 0 Å². The van der Waals surface area contributed by atoms with Gasteiger partial charge in [0.2, 0.25) is 5.91 Å². The average Bonchev–Trinajstić information content (AvgIpc) is 2.98. The van der Waals surface area contributed by atoms with E-state index in [9.17, 15) is 9.59 Å². The predicted octanol–water partition coefficient (Wildman–Crippen LogP) is 0.0616. The molecule has 1 fully saturated rings. The molecule has 0 unspecified atom stereocenters. The molecule has 1 amide bonds. The van der Waals surface area contributed by atoms with Gasteiger partial charge in [0, 0.05) is 19.1 Å². The highest BCUT2D eigenvalue weighted by Gasteiger charge is 2.22. The van der Waals surface area contributed by atoms with Crippen LogP contribution in [0.1, 0.15) is 26.2 Å². The van der Waals surface area contributed by atoms with E-state index in [2.05, 4.69) is 5.32 Å². The number of nitrogens with one attached hydrogen (secondary N) is 1. The molecule has 1 saturated carbocycles. The lowest BCUT2D eigenvalue weighted by Gasteiger charge is -2.20. The van der Waals surface area contributed by atoms with Crippen LogP contribution in [0.4, 0.5) is 0 Å². The van der Waals surface area contributed by atoms with E-state index in [1.54, 1.807) is 4.90 Å². The van der Waals surface area contributed by atoms with Crippen LogP contribution in [-0.2, 0) is 9.59 Å². The summed E-state index contributed by atoms with van der Waals surface area (Å²) in [5.41, 5.74) is 0. The quantitative estimate of drug-likeness (QED) is 0.629. The van der Waals surface area contributed by atoms with Crippen molar-refractivity contribution in [2.75, 3.05) is 19.6 Å². The Morgan fingerprint density at radius 1 is 1.47 bits per heavy atom. The molecule has 0 atom stereocenters. The molecule has 15 heavy (non-hydrogen) atoms. The third-order valence-electron chi connectivity index (χ3n) is 2.45. The van der Waals surface area contributed by atoms with Gasteiger partial charge in [-0.05, 0) is 19.8 Å². The fraction of sp³-hybridized carbons (Fsp3) is 0.800. The Bertz CT molecular complexity index is 239. The SMILES string of the molecule is CCN(CCC(=O)O)C(=O)CNC1CC1. The van der Waals surface area contributed by atoms with Crippen LogP contribution >= 0.6 is 0 Å². The van der Waals surface area contributed by atoms with E-state index in [-0.39, 0.29) is 12.3 Å². The van der Waals surface area contributed by atoms with Crippen LogP contribution < -0.4 is 5.32 Å². The first-order valence-electron chi connectivity index (χ1n) is 5.36. The number of carboxylic acid groups (broad SMARTS) is 1. The molecule has 0 heterocycles. The van der Waals surface area contributed by atoms with Crippen molar-refractivity contribution in [1.29, 1.82) is 0 Å². The van der Waals surface area contributed by atoms with Crippen LogP contribution in [0.3, 0.4) is 0 Å². The molecule has 0 aromatic heterocycles. The minimum absolute atomic E-state index is 0.00866. The van der Waals surface area contributed by atoms with Crippen molar-refractivity contribution in [2.24, 2.45) is 0 Å². The summed E-state index contributed by atoms with van der Waals surface area (Å²) in [6.45, 7) is 3.06. The van der Waals surface area contributed by atoms with E-state index in [1.807, 2.05) is 6.92 Å². The maximum atomic E-state index is 11.6. The summed E-state index contributed by atoms with van der Waals surface area (Å²) in [7, 11) is 0. The lowest BCUT2D eigenvalue weighted by Crippen LogP contribution is -2.39. The highest BCUT2D eigenvalue weighted by molar-refractivity contribution is 5.79. The summed E-state index contributed by atoms with van der Waals surface area (Å²) in [6, 6.07) is 0.507. The molecular weight excluding hydrogens is 196 g/mol. The topological polar surface area (TPSA) is 69.6 Å². The summed E-state index contributed by atoms with van der Waals surface area (Å²) in [5.74, 6) is -0.873. The largest absolute Gasteiger partial charge is 0.481 e. The van der Waals surface area contributed by atoms with Gasteiger partial charge in [-0.15, -0.1) is 0 Å². The Labute approximate surface area is 89.4 Å².